The number of ether oxygens (including phenoxy) is 1. The van der Waals surface area contributed by atoms with Crippen molar-refractivity contribution in [1.82, 2.24) is 0 Å². The Hall–Kier alpha value is -1.82. The fourth-order valence-corrected chi connectivity index (χ4v) is 0.721. The van der Waals surface area contributed by atoms with E-state index >= 15 is 0 Å². The minimum atomic E-state index is -0.440. The average Bonchev–Trinajstić information content (AvgIpc) is 2.16. The van der Waals surface area contributed by atoms with E-state index in [1.54, 1.807) is 0 Å². The molecule has 0 fully saturated rings. The summed E-state index contributed by atoms with van der Waals surface area (Å²) in [5.74, 6) is 1.54. The molecule has 13 heavy (non-hydrogen) atoms. The quantitative estimate of drug-likeness (QED) is 0.516. The molecule has 1 aromatic carbocycles. The lowest BCUT2D eigenvalue weighted by Crippen LogP contribution is -2.08. The highest BCUT2D eigenvalue weighted by atomic mass is 19.1. The van der Waals surface area contributed by atoms with Gasteiger partial charge in [-0.15, -0.1) is 6.42 Å². The summed E-state index contributed by atoms with van der Waals surface area (Å²) in [6.45, 7) is -0.178. The monoisotopic (exact) mass is 178 g/mol. The second-order valence-corrected chi connectivity index (χ2v) is 2.31. The Morgan fingerprint density at radius 2 is 2.08 bits per heavy atom. The molecule has 0 heterocycles. The first-order valence-electron chi connectivity index (χ1n) is 3.60. The Labute approximate surface area is 75.3 Å². The van der Waals surface area contributed by atoms with E-state index in [9.17, 15) is 9.18 Å². The van der Waals surface area contributed by atoms with Crippen LogP contribution in [0.2, 0.25) is 0 Å². The van der Waals surface area contributed by atoms with Crippen LogP contribution in [0.15, 0.2) is 24.3 Å². The topological polar surface area (TPSA) is 26.3 Å². The van der Waals surface area contributed by atoms with Crippen LogP contribution in [0.5, 0.6) is 5.75 Å². The van der Waals surface area contributed by atoms with Gasteiger partial charge in [-0.2, -0.15) is 0 Å². The summed E-state index contributed by atoms with van der Waals surface area (Å²) >= 11 is 0. The van der Waals surface area contributed by atoms with Gasteiger partial charge in [0.2, 0.25) is 5.78 Å². The molecule has 0 spiro atoms. The lowest BCUT2D eigenvalue weighted by atomic mass is 10.3. The van der Waals surface area contributed by atoms with Crippen molar-refractivity contribution in [3.63, 3.8) is 0 Å². The fourth-order valence-electron chi connectivity index (χ4n) is 0.721. The maximum absolute atomic E-state index is 12.4. The second-order valence-electron chi connectivity index (χ2n) is 2.31. The van der Waals surface area contributed by atoms with Crippen LogP contribution in [0, 0.1) is 18.2 Å². The number of carbonyl (C=O) groups is 1. The van der Waals surface area contributed by atoms with Crippen molar-refractivity contribution >= 4 is 5.78 Å². The second kappa shape index (κ2) is 4.27. The highest BCUT2D eigenvalue weighted by Crippen LogP contribution is 2.10. The van der Waals surface area contributed by atoms with Gasteiger partial charge in [0.15, 0.2) is 6.61 Å². The van der Waals surface area contributed by atoms with Crippen molar-refractivity contribution < 1.29 is 13.9 Å². The fraction of sp³-hybridized carbons (Fsp3) is 0.100. The number of hydrogen-bond donors (Lipinski definition) is 0. The van der Waals surface area contributed by atoms with Gasteiger partial charge < -0.3 is 4.74 Å². The molecule has 0 aliphatic heterocycles. The third-order valence-electron chi connectivity index (χ3n) is 1.34. The van der Waals surface area contributed by atoms with Gasteiger partial charge in [-0.25, -0.2) is 4.39 Å². The summed E-state index contributed by atoms with van der Waals surface area (Å²) in [5, 5.41) is 0. The summed E-state index contributed by atoms with van der Waals surface area (Å²) in [5.41, 5.74) is 0. The molecule has 0 amide bonds. The minimum absolute atomic E-state index is 0.178. The third kappa shape index (κ3) is 2.96. The molecule has 0 atom stereocenters. The van der Waals surface area contributed by atoms with Gasteiger partial charge in [0.25, 0.3) is 0 Å². The smallest absolute Gasteiger partial charge is 0.242 e. The van der Waals surface area contributed by atoms with Crippen molar-refractivity contribution in [2.45, 2.75) is 0 Å². The Bertz CT molecular complexity index is 335. The van der Waals surface area contributed by atoms with Gasteiger partial charge >= 0.3 is 0 Å². The maximum atomic E-state index is 12.4. The molecule has 0 saturated carbocycles. The highest BCUT2D eigenvalue weighted by Gasteiger charge is 1.98. The van der Waals surface area contributed by atoms with Crippen LogP contribution < -0.4 is 4.74 Å². The zero-order chi connectivity index (χ0) is 9.68. The summed E-state index contributed by atoms with van der Waals surface area (Å²) in [7, 11) is 0. The van der Waals surface area contributed by atoms with E-state index in [1.807, 2.05) is 5.92 Å². The van der Waals surface area contributed by atoms with Crippen molar-refractivity contribution in [3.8, 4) is 18.1 Å². The van der Waals surface area contributed by atoms with E-state index < -0.39 is 5.78 Å². The molecule has 1 rings (SSSR count). The van der Waals surface area contributed by atoms with Crippen LogP contribution in [-0.2, 0) is 4.79 Å². The minimum Gasteiger partial charge on any atom is -0.485 e. The maximum Gasteiger partial charge on any atom is 0.242 e. The number of benzene rings is 1. The van der Waals surface area contributed by atoms with Crippen LogP contribution in [0.3, 0.4) is 0 Å². The molecule has 0 saturated heterocycles. The first-order valence-corrected chi connectivity index (χ1v) is 3.60. The Kier molecular flexibility index (Phi) is 3.04. The van der Waals surface area contributed by atoms with Crippen LogP contribution in [0.25, 0.3) is 0 Å². The molecule has 3 heteroatoms. The van der Waals surface area contributed by atoms with Crippen molar-refractivity contribution in [1.29, 1.82) is 0 Å². The summed E-state index contributed by atoms with van der Waals surface area (Å²) < 4.78 is 17.4. The summed E-state index contributed by atoms with van der Waals surface area (Å²) in [6.07, 6.45) is 4.82. The lowest BCUT2D eigenvalue weighted by molar-refractivity contribution is -0.115. The largest absolute Gasteiger partial charge is 0.485 e. The van der Waals surface area contributed by atoms with E-state index in [0.717, 1.165) is 0 Å². The van der Waals surface area contributed by atoms with Gasteiger partial charge in [0.1, 0.15) is 11.6 Å². The Morgan fingerprint density at radius 3 is 2.62 bits per heavy atom. The molecule has 66 valence electrons. The molecule has 0 N–H and O–H groups in total. The number of halogens is 1. The molecule has 1 aromatic rings. The number of carbonyl (C=O) groups excluding carboxylic acids is 1. The zero-order valence-electron chi connectivity index (χ0n) is 6.79. The van der Waals surface area contributed by atoms with E-state index in [-0.39, 0.29) is 12.4 Å². The number of terminal acetylenes is 1. The average molecular weight is 178 g/mol. The SMILES string of the molecule is C#CC(=O)COc1ccc(F)cc1. The van der Waals surface area contributed by atoms with Crippen molar-refractivity contribution in [2.75, 3.05) is 6.61 Å². The summed E-state index contributed by atoms with van der Waals surface area (Å²) in [6, 6.07) is 5.35. The Morgan fingerprint density at radius 1 is 1.46 bits per heavy atom. The van der Waals surface area contributed by atoms with Crippen LogP contribution in [0.1, 0.15) is 0 Å². The molecular weight excluding hydrogens is 171 g/mol. The Balaban J connectivity index is 2.52. The molecular formula is C10H7FO2. The normalized spacial score (nSPS) is 8.92. The lowest BCUT2D eigenvalue weighted by Gasteiger charge is -2.01. The predicted octanol–water partition coefficient (Wildman–Crippen LogP) is 1.41. The number of Topliss-reactive ketones (excluding diaryl/α,β-unsaturated/α-hetero) is 1. The standard InChI is InChI=1S/C10H7FO2/c1-2-9(12)7-13-10-5-3-8(11)4-6-10/h1,3-6H,7H2. The third-order valence-corrected chi connectivity index (χ3v) is 1.34. The van der Waals surface area contributed by atoms with Gasteiger partial charge in [0, 0.05) is 0 Å². The number of ketones is 1. The molecule has 0 radical (unpaired) electrons. The van der Waals surface area contributed by atoms with E-state index in [1.165, 1.54) is 24.3 Å². The molecule has 0 aliphatic rings. The molecule has 0 aliphatic carbocycles. The van der Waals surface area contributed by atoms with Crippen molar-refractivity contribution in [3.05, 3.63) is 30.1 Å². The molecule has 0 bridgehead atoms. The predicted molar refractivity (Wildman–Crippen MR) is 45.7 cm³/mol. The molecule has 2 nitrogen and oxygen atoms in total. The number of hydrogen-bond acceptors (Lipinski definition) is 2. The van der Waals surface area contributed by atoms with Crippen LogP contribution in [0.4, 0.5) is 4.39 Å². The van der Waals surface area contributed by atoms with Gasteiger partial charge in [0.05, 0.1) is 0 Å². The van der Waals surface area contributed by atoms with Gasteiger partial charge in [-0.05, 0) is 30.2 Å². The zero-order valence-corrected chi connectivity index (χ0v) is 6.79. The van der Waals surface area contributed by atoms with E-state index in [2.05, 4.69) is 0 Å². The first-order chi connectivity index (χ1) is 6.22. The summed E-state index contributed by atoms with van der Waals surface area (Å²) in [4.78, 5) is 10.6. The highest BCUT2D eigenvalue weighted by molar-refractivity contribution is 5.96. The van der Waals surface area contributed by atoms with E-state index in [4.69, 9.17) is 11.2 Å². The van der Waals surface area contributed by atoms with Gasteiger partial charge in [-0.3, -0.25) is 4.79 Å². The van der Waals surface area contributed by atoms with Crippen LogP contribution in [-0.4, -0.2) is 12.4 Å². The number of rotatable bonds is 3. The van der Waals surface area contributed by atoms with Crippen molar-refractivity contribution in [2.24, 2.45) is 0 Å². The van der Waals surface area contributed by atoms with Crippen LogP contribution >= 0.6 is 0 Å². The molecule has 0 unspecified atom stereocenters. The molecule has 0 aromatic heterocycles. The van der Waals surface area contributed by atoms with E-state index in [0.29, 0.717) is 5.75 Å². The first kappa shape index (κ1) is 9.27. The van der Waals surface area contributed by atoms with Gasteiger partial charge in [-0.1, -0.05) is 0 Å².